The summed E-state index contributed by atoms with van der Waals surface area (Å²) in [6, 6.07) is 4.01. The maximum absolute atomic E-state index is 11.0. The third kappa shape index (κ3) is 5.29. The van der Waals surface area contributed by atoms with E-state index in [-0.39, 0.29) is 5.78 Å². The quantitative estimate of drug-likeness (QED) is 0.590. The smallest absolute Gasteiger partial charge is 0.176 e. The molecule has 0 atom stereocenters. The topological polar surface area (TPSA) is 24.2 Å². The Bertz CT molecular complexity index is 366. The van der Waals surface area contributed by atoms with Gasteiger partial charge in [-0.1, -0.05) is 20.4 Å². The largest absolute Gasteiger partial charge is 0.377 e. The SMILES string of the molecule is C=C(C[n+]1ccc(N(C)C)cc1)C(C)=O.CC. The van der Waals surface area contributed by atoms with Gasteiger partial charge in [-0.3, -0.25) is 4.79 Å². The summed E-state index contributed by atoms with van der Waals surface area (Å²) in [7, 11) is 3.99. The Morgan fingerprint density at radius 1 is 1.29 bits per heavy atom. The van der Waals surface area contributed by atoms with Crippen molar-refractivity contribution in [1.82, 2.24) is 0 Å². The first-order valence-corrected chi connectivity index (χ1v) is 5.86. The molecule has 0 aliphatic rings. The van der Waals surface area contributed by atoms with Gasteiger partial charge < -0.3 is 4.90 Å². The van der Waals surface area contributed by atoms with Crippen LogP contribution in [0.25, 0.3) is 0 Å². The Labute approximate surface area is 104 Å². The molecule has 94 valence electrons. The minimum absolute atomic E-state index is 0.0409. The van der Waals surface area contributed by atoms with E-state index >= 15 is 0 Å². The number of rotatable bonds is 4. The molecule has 0 unspecified atom stereocenters. The summed E-state index contributed by atoms with van der Waals surface area (Å²) in [5.41, 5.74) is 1.76. The van der Waals surface area contributed by atoms with Crippen molar-refractivity contribution < 1.29 is 9.36 Å². The standard InChI is InChI=1S/C12H17N2O.C2H6/c1-10(11(2)15)9-14-7-5-12(6-8-14)13(3)4;1-2/h5-8H,1,9H2,2-4H3;1-2H3/q+1;. The van der Waals surface area contributed by atoms with Crippen molar-refractivity contribution in [2.75, 3.05) is 19.0 Å². The van der Waals surface area contributed by atoms with E-state index < -0.39 is 0 Å². The summed E-state index contributed by atoms with van der Waals surface area (Å²) in [6.45, 7) is 9.82. The summed E-state index contributed by atoms with van der Waals surface area (Å²) in [5, 5.41) is 0. The molecule has 1 rings (SSSR count). The first-order chi connectivity index (χ1) is 8.00. The number of anilines is 1. The molecule has 17 heavy (non-hydrogen) atoms. The number of hydrogen-bond donors (Lipinski definition) is 0. The third-order valence-electron chi connectivity index (χ3n) is 2.26. The number of carbonyl (C=O) groups excluding carboxylic acids is 1. The highest BCUT2D eigenvalue weighted by molar-refractivity contribution is 5.92. The number of aromatic nitrogens is 1. The van der Waals surface area contributed by atoms with Gasteiger partial charge in [-0.2, -0.15) is 0 Å². The van der Waals surface area contributed by atoms with Gasteiger partial charge in [-0.15, -0.1) is 0 Å². The predicted molar refractivity (Wildman–Crippen MR) is 72.1 cm³/mol. The molecule has 1 aromatic rings. The molecule has 3 nitrogen and oxygen atoms in total. The monoisotopic (exact) mass is 235 g/mol. The van der Waals surface area contributed by atoms with Crippen molar-refractivity contribution in [3.05, 3.63) is 36.7 Å². The van der Waals surface area contributed by atoms with Crippen LogP contribution in [-0.4, -0.2) is 19.9 Å². The average molecular weight is 235 g/mol. The molecule has 0 fully saturated rings. The Balaban J connectivity index is 0.00000121. The van der Waals surface area contributed by atoms with Crippen LogP contribution >= 0.6 is 0 Å². The molecule has 3 heteroatoms. The molecule has 0 aliphatic heterocycles. The minimum Gasteiger partial charge on any atom is -0.377 e. The number of pyridine rings is 1. The van der Waals surface area contributed by atoms with Crippen LogP contribution in [0, 0.1) is 0 Å². The van der Waals surface area contributed by atoms with E-state index in [0.29, 0.717) is 12.1 Å². The number of ketones is 1. The highest BCUT2D eigenvalue weighted by Gasteiger charge is 2.07. The lowest BCUT2D eigenvalue weighted by molar-refractivity contribution is -0.688. The van der Waals surface area contributed by atoms with Gasteiger partial charge in [-0.25, -0.2) is 4.57 Å². The number of allylic oxidation sites excluding steroid dienone is 1. The second-order valence-corrected chi connectivity index (χ2v) is 3.78. The zero-order valence-electron chi connectivity index (χ0n) is 11.5. The molecule has 1 heterocycles. The van der Waals surface area contributed by atoms with E-state index in [2.05, 4.69) is 6.58 Å². The molecule has 0 amide bonds. The normalized spacial score (nSPS) is 9.00. The number of hydrogen-bond acceptors (Lipinski definition) is 2. The zero-order valence-corrected chi connectivity index (χ0v) is 11.5. The fraction of sp³-hybridized carbons (Fsp3) is 0.429. The van der Waals surface area contributed by atoms with Crippen molar-refractivity contribution in [3.63, 3.8) is 0 Å². The average Bonchev–Trinajstić information content (AvgIpc) is 2.32. The predicted octanol–water partition coefficient (Wildman–Crippen LogP) is 2.21. The maximum Gasteiger partial charge on any atom is 0.176 e. The van der Waals surface area contributed by atoms with E-state index in [1.54, 1.807) is 0 Å². The Hall–Kier alpha value is -1.64. The molecule has 0 radical (unpaired) electrons. The number of carbonyl (C=O) groups is 1. The molecule has 0 N–H and O–H groups in total. The second kappa shape index (κ2) is 7.60. The van der Waals surface area contributed by atoms with Crippen LogP contribution in [0.15, 0.2) is 36.7 Å². The van der Waals surface area contributed by atoms with Crippen LogP contribution < -0.4 is 9.47 Å². The van der Waals surface area contributed by atoms with Gasteiger partial charge in [-0.05, 0) is 6.92 Å². The first-order valence-electron chi connectivity index (χ1n) is 5.86. The molecule has 0 bridgehead atoms. The van der Waals surface area contributed by atoms with Crippen LogP contribution in [0.3, 0.4) is 0 Å². The van der Waals surface area contributed by atoms with E-state index in [1.807, 2.05) is 61.9 Å². The van der Waals surface area contributed by atoms with Gasteiger partial charge in [0.05, 0.1) is 5.57 Å². The van der Waals surface area contributed by atoms with Gasteiger partial charge in [0, 0.05) is 31.9 Å². The van der Waals surface area contributed by atoms with Gasteiger partial charge in [0.1, 0.15) is 0 Å². The summed E-state index contributed by atoms with van der Waals surface area (Å²) < 4.78 is 1.94. The van der Waals surface area contributed by atoms with Crippen molar-refractivity contribution in [2.24, 2.45) is 0 Å². The van der Waals surface area contributed by atoms with E-state index in [0.717, 1.165) is 5.69 Å². The minimum atomic E-state index is 0.0409. The van der Waals surface area contributed by atoms with Crippen molar-refractivity contribution >= 4 is 11.5 Å². The van der Waals surface area contributed by atoms with Crippen molar-refractivity contribution in [3.8, 4) is 0 Å². The van der Waals surface area contributed by atoms with Gasteiger partial charge in [0.2, 0.25) is 0 Å². The summed E-state index contributed by atoms with van der Waals surface area (Å²) >= 11 is 0. The third-order valence-corrected chi connectivity index (χ3v) is 2.26. The lowest BCUT2D eigenvalue weighted by Crippen LogP contribution is -2.34. The van der Waals surface area contributed by atoms with Crippen LogP contribution in [0.4, 0.5) is 5.69 Å². The number of nitrogens with zero attached hydrogens (tertiary/aromatic N) is 2. The van der Waals surface area contributed by atoms with E-state index in [4.69, 9.17) is 0 Å². The lowest BCUT2D eigenvalue weighted by Gasteiger charge is -2.10. The number of Topliss-reactive ketones (excluding diaryl/α,β-unsaturated/α-hetero) is 1. The van der Waals surface area contributed by atoms with Crippen LogP contribution in [0.2, 0.25) is 0 Å². The molecule has 1 aromatic heterocycles. The molecule has 0 aliphatic carbocycles. The Morgan fingerprint density at radius 3 is 2.12 bits per heavy atom. The van der Waals surface area contributed by atoms with E-state index in [9.17, 15) is 4.79 Å². The van der Waals surface area contributed by atoms with Crippen LogP contribution in [0.1, 0.15) is 20.8 Å². The highest BCUT2D eigenvalue weighted by atomic mass is 16.1. The first kappa shape index (κ1) is 15.4. The molecular weight excluding hydrogens is 212 g/mol. The van der Waals surface area contributed by atoms with Gasteiger partial charge in [0.15, 0.2) is 24.7 Å². The summed E-state index contributed by atoms with van der Waals surface area (Å²) in [4.78, 5) is 13.0. The fourth-order valence-corrected chi connectivity index (χ4v) is 1.18. The highest BCUT2D eigenvalue weighted by Crippen LogP contribution is 2.06. The zero-order chi connectivity index (χ0) is 13.4. The molecule has 0 spiro atoms. The fourth-order valence-electron chi connectivity index (χ4n) is 1.18. The Morgan fingerprint density at radius 2 is 1.76 bits per heavy atom. The molecule has 0 saturated carbocycles. The maximum atomic E-state index is 11.0. The molecular formula is C14H23N2O+. The van der Waals surface area contributed by atoms with Crippen molar-refractivity contribution in [1.29, 1.82) is 0 Å². The van der Waals surface area contributed by atoms with Gasteiger partial charge >= 0.3 is 0 Å². The Kier molecular flexibility index (Phi) is 6.87. The molecule has 0 aromatic carbocycles. The summed E-state index contributed by atoms with van der Waals surface area (Å²) in [6.07, 6.45) is 3.90. The second-order valence-electron chi connectivity index (χ2n) is 3.78. The van der Waals surface area contributed by atoms with Gasteiger partial charge in [0.25, 0.3) is 0 Å². The molecule has 0 saturated heterocycles. The van der Waals surface area contributed by atoms with Crippen LogP contribution in [-0.2, 0) is 11.3 Å². The lowest BCUT2D eigenvalue weighted by atomic mass is 10.2. The summed E-state index contributed by atoms with van der Waals surface area (Å²) in [5.74, 6) is 0.0409. The van der Waals surface area contributed by atoms with E-state index in [1.165, 1.54) is 6.92 Å². The van der Waals surface area contributed by atoms with Crippen molar-refractivity contribution in [2.45, 2.75) is 27.3 Å². The van der Waals surface area contributed by atoms with Crippen LogP contribution in [0.5, 0.6) is 0 Å².